The zero-order valence-electron chi connectivity index (χ0n) is 15.1. The van der Waals surface area contributed by atoms with Gasteiger partial charge in [-0.1, -0.05) is 11.3 Å². The Bertz CT molecular complexity index is 829. The molecule has 6 heteroatoms. The Labute approximate surface area is 151 Å². The molecule has 0 spiro atoms. The van der Waals surface area contributed by atoms with E-state index in [1.54, 1.807) is 28.4 Å². The minimum atomic E-state index is -0.142. The first-order valence-corrected chi connectivity index (χ1v) is 9.15. The van der Waals surface area contributed by atoms with Crippen LogP contribution < -0.4 is 4.90 Å². The third-order valence-electron chi connectivity index (χ3n) is 4.19. The molecular formula is C19H23N3O2S. The van der Waals surface area contributed by atoms with Gasteiger partial charge in [0.05, 0.1) is 16.5 Å². The lowest BCUT2D eigenvalue weighted by Crippen LogP contribution is -2.33. The number of amides is 1. The number of benzene rings is 1. The summed E-state index contributed by atoms with van der Waals surface area (Å²) in [4.78, 5) is 21.4. The number of anilines is 1. The molecule has 1 amide bonds. The molecule has 0 saturated carbocycles. The van der Waals surface area contributed by atoms with Crippen LogP contribution in [0.2, 0.25) is 0 Å². The second-order valence-electron chi connectivity index (χ2n) is 6.49. The molecule has 0 unspecified atom stereocenters. The molecule has 0 radical (unpaired) electrons. The number of furan rings is 1. The Morgan fingerprint density at radius 2 is 1.96 bits per heavy atom. The van der Waals surface area contributed by atoms with Gasteiger partial charge in [0.25, 0.3) is 5.91 Å². The summed E-state index contributed by atoms with van der Waals surface area (Å²) in [6.45, 7) is 5.69. The number of rotatable bonds is 6. The molecule has 132 valence electrons. The SMILES string of the molecule is Cc1cc2nc(N(CCCN(C)C)C(=O)c3ccco3)sc2cc1C. The fourth-order valence-electron chi connectivity index (χ4n) is 2.65. The molecule has 5 nitrogen and oxygen atoms in total. The lowest BCUT2D eigenvalue weighted by atomic mass is 10.1. The lowest BCUT2D eigenvalue weighted by Gasteiger charge is -2.19. The highest BCUT2D eigenvalue weighted by atomic mass is 32.1. The highest BCUT2D eigenvalue weighted by molar-refractivity contribution is 7.22. The zero-order chi connectivity index (χ0) is 18.0. The first-order valence-electron chi connectivity index (χ1n) is 8.33. The first kappa shape index (κ1) is 17.6. The van der Waals surface area contributed by atoms with Crippen molar-refractivity contribution >= 4 is 32.6 Å². The van der Waals surface area contributed by atoms with Crippen molar-refractivity contribution in [2.75, 3.05) is 32.1 Å². The van der Waals surface area contributed by atoms with E-state index in [1.807, 2.05) is 14.1 Å². The molecule has 2 aromatic heterocycles. The Kier molecular flexibility index (Phi) is 5.20. The van der Waals surface area contributed by atoms with Crippen LogP contribution in [0, 0.1) is 13.8 Å². The van der Waals surface area contributed by atoms with Crippen molar-refractivity contribution < 1.29 is 9.21 Å². The van der Waals surface area contributed by atoms with E-state index in [0.29, 0.717) is 12.3 Å². The van der Waals surface area contributed by atoms with E-state index in [9.17, 15) is 4.79 Å². The van der Waals surface area contributed by atoms with Crippen molar-refractivity contribution in [2.24, 2.45) is 0 Å². The average Bonchev–Trinajstić information content (AvgIpc) is 3.21. The van der Waals surface area contributed by atoms with Gasteiger partial charge in [-0.25, -0.2) is 4.98 Å². The first-order chi connectivity index (χ1) is 12.0. The largest absolute Gasteiger partial charge is 0.459 e. The number of aromatic nitrogens is 1. The molecule has 0 atom stereocenters. The Morgan fingerprint density at radius 3 is 2.64 bits per heavy atom. The van der Waals surface area contributed by atoms with Crippen LogP contribution in [-0.4, -0.2) is 43.0 Å². The van der Waals surface area contributed by atoms with Gasteiger partial charge in [0.15, 0.2) is 10.9 Å². The third-order valence-corrected chi connectivity index (χ3v) is 5.23. The molecule has 0 aliphatic heterocycles. The van der Waals surface area contributed by atoms with Crippen LogP contribution in [0.25, 0.3) is 10.2 Å². The predicted molar refractivity (Wildman–Crippen MR) is 103 cm³/mol. The molecular weight excluding hydrogens is 334 g/mol. The Morgan fingerprint density at radius 1 is 1.20 bits per heavy atom. The van der Waals surface area contributed by atoms with Crippen LogP contribution in [0.4, 0.5) is 5.13 Å². The summed E-state index contributed by atoms with van der Waals surface area (Å²) >= 11 is 1.55. The number of thiazole rings is 1. The lowest BCUT2D eigenvalue weighted by molar-refractivity contribution is 0.0959. The van der Waals surface area contributed by atoms with Crippen molar-refractivity contribution in [1.82, 2.24) is 9.88 Å². The van der Waals surface area contributed by atoms with E-state index in [0.717, 1.165) is 28.3 Å². The van der Waals surface area contributed by atoms with Gasteiger partial charge in [0, 0.05) is 6.54 Å². The van der Waals surface area contributed by atoms with Gasteiger partial charge < -0.3 is 9.32 Å². The molecule has 2 heterocycles. The number of hydrogen-bond donors (Lipinski definition) is 0. The van der Waals surface area contributed by atoms with Crippen LogP contribution in [0.5, 0.6) is 0 Å². The predicted octanol–water partition coefficient (Wildman–Crippen LogP) is 4.10. The molecule has 0 aliphatic carbocycles. The summed E-state index contributed by atoms with van der Waals surface area (Å²) in [6.07, 6.45) is 2.39. The zero-order valence-corrected chi connectivity index (χ0v) is 15.9. The van der Waals surface area contributed by atoms with Crippen LogP contribution in [0.15, 0.2) is 34.9 Å². The topological polar surface area (TPSA) is 49.6 Å². The molecule has 1 aromatic carbocycles. The second-order valence-corrected chi connectivity index (χ2v) is 7.50. The van der Waals surface area contributed by atoms with Crippen LogP contribution in [0.1, 0.15) is 28.1 Å². The molecule has 0 fully saturated rings. The monoisotopic (exact) mass is 357 g/mol. The number of carbonyl (C=O) groups is 1. The minimum absolute atomic E-state index is 0.142. The summed E-state index contributed by atoms with van der Waals surface area (Å²) in [7, 11) is 4.06. The van der Waals surface area contributed by atoms with Gasteiger partial charge in [-0.05, 0) is 76.3 Å². The number of nitrogens with zero attached hydrogens (tertiary/aromatic N) is 3. The fourth-order valence-corrected chi connectivity index (χ4v) is 3.72. The molecule has 0 aliphatic rings. The Hall–Kier alpha value is -2.18. The number of aryl methyl sites for hydroxylation is 2. The minimum Gasteiger partial charge on any atom is -0.459 e. The molecule has 0 saturated heterocycles. The molecule has 0 N–H and O–H groups in total. The Balaban J connectivity index is 1.94. The molecule has 0 bridgehead atoms. The van der Waals surface area contributed by atoms with Crippen molar-refractivity contribution in [1.29, 1.82) is 0 Å². The van der Waals surface area contributed by atoms with Crippen molar-refractivity contribution in [2.45, 2.75) is 20.3 Å². The van der Waals surface area contributed by atoms with E-state index in [2.05, 4.69) is 30.9 Å². The maximum absolute atomic E-state index is 12.9. The number of carbonyl (C=O) groups excluding carboxylic acids is 1. The summed E-state index contributed by atoms with van der Waals surface area (Å²) in [5, 5.41) is 0.722. The quantitative estimate of drug-likeness (QED) is 0.666. The maximum atomic E-state index is 12.9. The van der Waals surface area contributed by atoms with Gasteiger partial charge >= 0.3 is 0 Å². The summed E-state index contributed by atoms with van der Waals surface area (Å²) < 4.78 is 6.41. The van der Waals surface area contributed by atoms with Crippen LogP contribution >= 0.6 is 11.3 Å². The maximum Gasteiger partial charge on any atom is 0.295 e. The van der Waals surface area contributed by atoms with E-state index >= 15 is 0 Å². The molecule has 25 heavy (non-hydrogen) atoms. The third kappa shape index (κ3) is 3.91. The second kappa shape index (κ2) is 7.37. The van der Waals surface area contributed by atoms with E-state index in [-0.39, 0.29) is 5.91 Å². The van der Waals surface area contributed by atoms with Gasteiger partial charge in [-0.3, -0.25) is 9.69 Å². The van der Waals surface area contributed by atoms with E-state index in [1.165, 1.54) is 17.4 Å². The van der Waals surface area contributed by atoms with Gasteiger partial charge in [-0.2, -0.15) is 0 Å². The summed E-state index contributed by atoms with van der Waals surface area (Å²) in [5.74, 6) is 0.202. The standard InChI is InChI=1S/C19H23N3O2S/c1-13-11-15-17(12-14(13)2)25-19(20-15)22(9-6-8-21(3)4)18(23)16-7-5-10-24-16/h5,7,10-12H,6,8-9H2,1-4H3. The van der Waals surface area contributed by atoms with Crippen molar-refractivity contribution in [3.63, 3.8) is 0 Å². The average molecular weight is 357 g/mol. The van der Waals surface area contributed by atoms with Crippen molar-refractivity contribution in [3.8, 4) is 0 Å². The van der Waals surface area contributed by atoms with E-state index in [4.69, 9.17) is 9.40 Å². The number of fused-ring (bicyclic) bond motifs is 1. The van der Waals surface area contributed by atoms with Crippen LogP contribution in [0.3, 0.4) is 0 Å². The summed E-state index contributed by atoms with van der Waals surface area (Å²) in [5.41, 5.74) is 3.38. The highest BCUT2D eigenvalue weighted by Crippen LogP contribution is 2.31. The number of hydrogen-bond acceptors (Lipinski definition) is 5. The highest BCUT2D eigenvalue weighted by Gasteiger charge is 2.23. The smallest absolute Gasteiger partial charge is 0.295 e. The van der Waals surface area contributed by atoms with Crippen LogP contribution in [-0.2, 0) is 0 Å². The molecule has 3 aromatic rings. The van der Waals surface area contributed by atoms with E-state index < -0.39 is 0 Å². The van der Waals surface area contributed by atoms with Gasteiger partial charge in [0.1, 0.15) is 0 Å². The van der Waals surface area contributed by atoms with Gasteiger partial charge in [-0.15, -0.1) is 0 Å². The van der Waals surface area contributed by atoms with Gasteiger partial charge in [0.2, 0.25) is 0 Å². The molecule has 3 rings (SSSR count). The summed E-state index contributed by atoms with van der Waals surface area (Å²) in [6, 6.07) is 7.65. The van der Waals surface area contributed by atoms with Crippen molar-refractivity contribution in [3.05, 3.63) is 47.4 Å². The normalized spacial score (nSPS) is 11.4. The fraction of sp³-hybridized carbons (Fsp3) is 0.368.